The molecule has 3 aromatic carbocycles. The van der Waals surface area contributed by atoms with E-state index in [1.54, 1.807) is 20.3 Å². The standard InChI is InChI=1S/C32H37FN2O5/c1-38-27-19-24(20-31(36)37)35(21-27)23-8-10-25(11-9-23)40-26-14-16-34(17-15-26)32-28(18-22-6-4-3-5-7-22)30(39-2)13-12-29(32)33/h3-13,24,26-27H,14-21H2,1-2H3,(H,36,37)/t24-,27-/m1/s1. The summed E-state index contributed by atoms with van der Waals surface area (Å²) in [5.74, 6) is 0.426. The number of hydrogen-bond donors (Lipinski definition) is 1. The van der Waals surface area contributed by atoms with Crippen molar-refractivity contribution < 1.29 is 28.5 Å². The van der Waals surface area contributed by atoms with E-state index in [1.165, 1.54) is 6.07 Å². The number of carbonyl (C=O) groups is 1. The van der Waals surface area contributed by atoms with Gasteiger partial charge in [-0.15, -0.1) is 0 Å². The number of methoxy groups -OCH3 is 2. The van der Waals surface area contributed by atoms with Gasteiger partial charge in [0.2, 0.25) is 0 Å². The maximum absolute atomic E-state index is 15.2. The van der Waals surface area contributed by atoms with Crippen molar-refractivity contribution in [3.63, 3.8) is 0 Å². The predicted molar refractivity (Wildman–Crippen MR) is 153 cm³/mol. The minimum atomic E-state index is -0.806. The highest BCUT2D eigenvalue weighted by atomic mass is 19.1. The van der Waals surface area contributed by atoms with Crippen LogP contribution in [0.5, 0.6) is 11.5 Å². The molecule has 0 saturated carbocycles. The van der Waals surface area contributed by atoms with Gasteiger partial charge in [0, 0.05) is 63.3 Å². The van der Waals surface area contributed by atoms with Gasteiger partial charge in [-0.05, 0) is 48.4 Å². The molecule has 7 nitrogen and oxygen atoms in total. The van der Waals surface area contributed by atoms with E-state index in [1.807, 2.05) is 54.6 Å². The normalized spacial score (nSPS) is 19.6. The maximum Gasteiger partial charge on any atom is 0.305 e. The van der Waals surface area contributed by atoms with E-state index < -0.39 is 5.97 Å². The lowest BCUT2D eigenvalue weighted by Crippen LogP contribution is -2.39. The highest BCUT2D eigenvalue weighted by Gasteiger charge is 2.34. The smallest absolute Gasteiger partial charge is 0.305 e. The Bertz CT molecular complexity index is 1280. The third-order valence-corrected chi connectivity index (χ3v) is 7.98. The molecule has 40 heavy (non-hydrogen) atoms. The van der Waals surface area contributed by atoms with E-state index in [4.69, 9.17) is 14.2 Å². The predicted octanol–water partition coefficient (Wildman–Crippen LogP) is 5.54. The van der Waals surface area contributed by atoms with Gasteiger partial charge in [0.05, 0.1) is 25.3 Å². The number of halogens is 1. The molecular formula is C32H37FN2O5. The third kappa shape index (κ3) is 6.33. The molecule has 212 valence electrons. The molecule has 0 spiro atoms. The fraction of sp³-hybridized carbons (Fsp3) is 0.406. The Kier molecular flexibility index (Phi) is 8.75. The largest absolute Gasteiger partial charge is 0.496 e. The average molecular weight is 549 g/mol. The Labute approximate surface area is 235 Å². The van der Waals surface area contributed by atoms with Gasteiger partial charge in [-0.2, -0.15) is 0 Å². The lowest BCUT2D eigenvalue weighted by molar-refractivity contribution is -0.137. The van der Waals surface area contributed by atoms with Crippen LogP contribution >= 0.6 is 0 Å². The van der Waals surface area contributed by atoms with Crippen molar-refractivity contribution in [2.45, 2.75) is 50.4 Å². The SMILES string of the molecule is COc1ccc(F)c(N2CCC(Oc3ccc(N4C[C@H](OC)C[C@@H]4CC(=O)O)cc3)CC2)c1Cc1ccccc1. The van der Waals surface area contributed by atoms with Crippen molar-refractivity contribution in [2.75, 3.05) is 43.7 Å². The van der Waals surface area contributed by atoms with Crippen LogP contribution in [0.1, 0.15) is 36.8 Å². The molecule has 5 rings (SSSR count). The van der Waals surface area contributed by atoms with Crippen LogP contribution in [-0.4, -0.2) is 63.2 Å². The topological polar surface area (TPSA) is 71.5 Å². The van der Waals surface area contributed by atoms with Gasteiger partial charge in [0.1, 0.15) is 23.4 Å². The van der Waals surface area contributed by atoms with Crippen LogP contribution in [0.3, 0.4) is 0 Å². The number of nitrogens with zero attached hydrogens (tertiary/aromatic N) is 2. The molecule has 2 saturated heterocycles. The summed E-state index contributed by atoms with van der Waals surface area (Å²) in [4.78, 5) is 15.6. The Balaban J connectivity index is 1.23. The molecule has 3 aromatic rings. The van der Waals surface area contributed by atoms with Crippen LogP contribution in [0.2, 0.25) is 0 Å². The number of benzene rings is 3. The first-order valence-electron chi connectivity index (χ1n) is 13.9. The van der Waals surface area contributed by atoms with E-state index in [2.05, 4.69) is 9.80 Å². The fourth-order valence-corrected chi connectivity index (χ4v) is 5.95. The van der Waals surface area contributed by atoms with Gasteiger partial charge >= 0.3 is 5.97 Å². The van der Waals surface area contributed by atoms with Gasteiger partial charge in [0.25, 0.3) is 0 Å². The van der Waals surface area contributed by atoms with Crippen LogP contribution in [0.15, 0.2) is 66.7 Å². The molecule has 0 unspecified atom stereocenters. The zero-order chi connectivity index (χ0) is 28.1. The van der Waals surface area contributed by atoms with Crippen LogP contribution in [0.25, 0.3) is 0 Å². The minimum absolute atomic E-state index is 0.0214. The molecule has 0 amide bonds. The van der Waals surface area contributed by atoms with Crippen LogP contribution < -0.4 is 19.3 Å². The second-order valence-electron chi connectivity index (χ2n) is 10.5. The summed E-state index contributed by atoms with van der Waals surface area (Å²) in [5.41, 5.74) is 3.55. The first-order valence-corrected chi connectivity index (χ1v) is 13.9. The first-order chi connectivity index (χ1) is 19.4. The van der Waals surface area contributed by atoms with Gasteiger partial charge in [-0.25, -0.2) is 4.39 Å². The molecule has 2 aliphatic heterocycles. The number of aliphatic carboxylic acids is 1. The molecule has 0 aliphatic carbocycles. The van der Waals surface area contributed by atoms with Crippen molar-refractivity contribution in [2.24, 2.45) is 0 Å². The van der Waals surface area contributed by atoms with E-state index in [-0.39, 0.29) is 30.5 Å². The number of carboxylic acids is 1. The summed E-state index contributed by atoms with van der Waals surface area (Å²) in [6.07, 6.45) is 2.95. The number of ether oxygens (including phenoxy) is 3. The van der Waals surface area contributed by atoms with E-state index >= 15 is 4.39 Å². The molecule has 0 bridgehead atoms. The third-order valence-electron chi connectivity index (χ3n) is 7.98. The van der Waals surface area contributed by atoms with Crippen LogP contribution in [-0.2, 0) is 16.0 Å². The Hall–Kier alpha value is -3.78. The van der Waals surface area contributed by atoms with E-state index in [0.717, 1.165) is 35.4 Å². The Morgan fingerprint density at radius 1 is 0.975 bits per heavy atom. The molecule has 2 atom stereocenters. The van der Waals surface area contributed by atoms with Gasteiger partial charge < -0.3 is 29.1 Å². The number of hydrogen-bond acceptors (Lipinski definition) is 6. The molecule has 0 radical (unpaired) electrons. The van der Waals surface area contributed by atoms with E-state index in [0.29, 0.717) is 43.9 Å². The molecule has 2 fully saturated rings. The monoisotopic (exact) mass is 548 g/mol. The Morgan fingerprint density at radius 3 is 2.35 bits per heavy atom. The first kappa shape index (κ1) is 27.8. The van der Waals surface area contributed by atoms with Crippen LogP contribution in [0, 0.1) is 5.82 Å². The summed E-state index contributed by atoms with van der Waals surface area (Å²) >= 11 is 0. The number of rotatable bonds is 10. The summed E-state index contributed by atoms with van der Waals surface area (Å²) in [6.45, 7) is 2.02. The molecular weight excluding hydrogens is 511 g/mol. The van der Waals surface area contributed by atoms with Crippen LogP contribution in [0.4, 0.5) is 15.8 Å². The van der Waals surface area contributed by atoms with Gasteiger partial charge in [-0.1, -0.05) is 30.3 Å². The highest BCUT2D eigenvalue weighted by molar-refractivity contribution is 5.69. The minimum Gasteiger partial charge on any atom is -0.496 e. The summed E-state index contributed by atoms with van der Waals surface area (Å²) < 4.78 is 32.7. The zero-order valence-corrected chi connectivity index (χ0v) is 23.1. The van der Waals surface area contributed by atoms with Gasteiger partial charge in [0.15, 0.2) is 0 Å². The second kappa shape index (κ2) is 12.6. The number of anilines is 2. The zero-order valence-electron chi connectivity index (χ0n) is 23.1. The molecule has 1 N–H and O–H groups in total. The average Bonchev–Trinajstić information content (AvgIpc) is 3.37. The van der Waals surface area contributed by atoms with Crippen molar-refractivity contribution in [1.29, 1.82) is 0 Å². The summed E-state index contributed by atoms with van der Waals surface area (Å²) in [7, 11) is 3.30. The van der Waals surface area contributed by atoms with Crippen molar-refractivity contribution in [3.8, 4) is 11.5 Å². The molecule has 2 aliphatic rings. The molecule has 2 heterocycles. The van der Waals surface area contributed by atoms with Crippen molar-refractivity contribution in [1.82, 2.24) is 0 Å². The van der Waals surface area contributed by atoms with Gasteiger partial charge in [-0.3, -0.25) is 4.79 Å². The number of carboxylic acid groups (broad SMARTS) is 1. The summed E-state index contributed by atoms with van der Waals surface area (Å²) in [5, 5.41) is 9.32. The van der Waals surface area contributed by atoms with Crippen molar-refractivity contribution in [3.05, 3.63) is 83.7 Å². The van der Waals surface area contributed by atoms with Crippen molar-refractivity contribution >= 4 is 17.3 Å². The highest BCUT2D eigenvalue weighted by Crippen LogP contribution is 2.36. The quantitative estimate of drug-likeness (QED) is 0.357. The molecule has 8 heteroatoms. The van der Waals surface area contributed by atoms with E-state index in [9.17, 15) is 9.90 Å². The molecule has 0 aromatic heterocycles. The Morgan fingerprint density at radius 2 is 1.70 bits per heavy atom. The maximum atomic E-state index is 15.2. The number of piperidine rings is 1. The fourth-order valence-electron chi connectivity index (χ4n) is 5.95. The lowest BCUT2D eigenvalue weighted by Gasteiger charge is -2.35. The summed E-state index contributed by atoms with van der Waals surface area (Å²) in [6, 6.07) is 21.0. The second-order valence-corrected chi connectivity index (χ2v) is 10.5. The lowest BCUT2D eigenvalue weighted by atomic mass is 9.99.